The number of hydrogen-bond acceptors (Lipinski definition) is 7. The fourth-order valence-electron chi connectivity index (χ4n) is 3.43. The minimum absolute atomic E-state index is 0.165. The molecule has 1 N–H and O–H groups in total. The number of pyridine rings is 1. The molecule has 152 valence electrons. The lowest BCUT2D eigenvalue weighted by Gasteiger charge is -2.18. The zero-order valence-electron chi connectivity index (χ0n) is 16.5. The summed E-state index contributed by atoms with van der Waals surface area (Å²) in [7, 11) is 0. The number of benzene rings is 1. The Kier molecular flexibility index (Phi) is 5.42. The lowest BCUT2D eigenvalue weighted by Crippen LogP contribution is -2.42. The van der Waals surface area contributed by atoms with Crippen molar-refractivity contribution in [3.63, 3.8) is 0 Å². The number of carbonyl (C=O) groups is 2. The van der Waals surface area contributed by atoms with Gasteiger partial charge in [-0.15, -0.1) is 11.8 Å². The topological polar surface area (TPSA) is 112 Å². The Hall–Kier alpha value is -3.38. The van der Waals surface area contributed by atoms with Gasteiger partial charge in [0.15, 0.2) is 11.7 Å². The third kappa shape index (κ3) is 3.74. The lowest BCUT2D eigenvalue weighted by atomic mass is 10.0. The molecular weight excluding hydrogens is 402 g/mol. The molecule has 4 rings (SSSR count). The maximum atomic E-state index is 12.8. The largest absolute Gasteiger partial charge is 0.441 e. The number of oxazole rings is 1. The summed E-state index contributed by atoms with van der Waals surface area (Å²) < 4.78 is 5.70. The van der Waals surface area contributed by atoms with Gasteiger partial charge < -0.3 is 14.6 Å². The van der Waals surface area contributed by atoms with Crippen molar-refractivity contribution in [1.82, 2.24) is 20.2 Å². The van der Waals surface area contributed by atoms with Gasteiger partial charge in [-0.1, -0.05) is 0 Å². The van der Waals surface area contributed by atoms with Crippen LogP contribution in [0.2, 0.25) is 0 Å². The predicted molar refractivity (Wildman–Crippen MR) is 113 cm³/mol. The molecule has 1 aliphatic heterocycles. The van der Waals surface area contributed by atoms with Crippen LogP contribution in [0.15, 0.2) is 34.9 Å². The van der Waals surface area contributed by atoms with E-state index in [2.05, 4.69) is 21.4 Å². The highest BCUT2D eigenvalue weighted by atomic mass is 32.2. The van der Waals surface area contributed by atoms with Gasteiger partial charge in [-0.25, -0.2) is 4.98 Å². The quantitative estimate of drug-likeness (QED) is 0.689. The maximum Gasteiger partial charge on any atom is 0.252 e. The number of thioether (sulfide) groups is 1. The molecule has 1 atom stereocenters. The van der Waals surface area contributed by atoms with Crippen molar-refractivity contribution in [3.8, 4) is 17.4 Å². The van der Waals surface area contributed by atoms with E-state index in [1.165, 1.54) is 16.7 Å². The number of aryl methyl sites for hydroxylation is 2. The molecule has 1 saturated heterocycles. The second kappa shape index (κ2) is 8.16. The number of fused-ring (bicyclic) bond motifs is 1. The molecule has 1 aliphatic rings. The van der Waals surface area contributed by atoms with E-state index in [9.17, 15) is 9.59 Å². The Morgan fingerprint density at radius 3 is 2.93 bits per heavy atom. The highest BCUT2D eigenvalue weighted by molar-refractivity contribution is 7.99. The molecule has 0 radical (unpaired) electrons. The Labute approximate surface area is 177 Å². The molecule has 30 heavy (non-hydrogen) atoms. The van der Waals surface area contributed by atoms with Gasteiger partial charge in [-0.2, -0.15) is 5.26 Å². The molecule has 2 aromatic heterocycles. The number of nitrogens with zero attached hydrogens (tertiary/aromatic N) is 4. The average Bonchev–Trinajstić information content (AvgIpc) is 3.36. The second-order valence-electron chi connectivity index (χ2n) is 6.93. The number of aromatic nitrogens is 2. The second-order valence-corrected chi connectivity index (χ2v) is 7.93. The maximum absolute atomic E-state index is 12.8. The summed E-state index contributed by atoms with van der Waals surface area (Å²) in [6.07, 6.45) is 1.56. The van der Waals surface area contributed by atoms with E-state index >= 15 is 0 Å². The van der Waals surface area contributed by atoms with Crippen LogP contribution >= 0.6 is 11.8 Å². The van der Waals surface area contributed by atoms with Crippen molar-refractivity contribution in [3.05, 3.63) is 47.6 Å². The molecule has 0 spiro atoms. The average molecular weight is 421 g/mol. The lowest BCUT2D eigenvalue weighted by molar-refractivity contribution is -0.129. The first kappa shape index (κ1) is 19.9. The van der Waals surface area contributed by atoms with Crippen LogP contribution in [-0.2, 0) is 4.79 Å². The van der Waals surface area contributed by atoms with Gasteiger partial charge >= 0.3 is 0 Å². The van der Waals surface area contributed by atoms with Crippen LogP contribution in [-0.4, -0.2) is 50.9 Å². The Balaban J connectivity index is 1.58. The van der Waals surface area contributed by atoms with E-state index in [-0.39, 0.29) is 18.4 Å². The van der Waals surface area contributed by atoms with Crippen LogP contribution in [0.3, 0.4) is 0 Å². The number of nitrogens with one attached hydrogen (secondary N) is 1. The molecule has 0 aliphatic carbocycles. The van der Waals surface area contributed by atoms with Gasteiger partial charge in [0, 0.05) is 29.8 Å². The third-order valence-electron chi connectivity index (χ3n) is 4.90. The van der Waals surface area contributed by atoms with E-state index in [4.69, 9.17) is 9.68 Å². The van der Waals surface area contributed by atoms with Crippen LogP contribution < -0.4 is 5.32 Å². The standard InChI is InChI=1S/C21H19N5O3S/c1-12-20(29-13(2)25-12)14-3-4-18-17(7-14)16(5-6-23-18)21(28)24-9-19(27)26-11-30-10-15(26)8-22/h3-7,15H,9-11H2,1-2H3,(H,24,28). The van der Waals surface area contributed by atoms with Gasteiger partial charge in [0.25, 0.3) is 5.91 Å². The zero-order valence-corrected chi connectivity index (χ0v) is 17.3. The first-order valence-electron chi connectivity index (χ1n) is 9.36. The summed E-state index contributed by atoms with van der Waals surface area (Å²) >= 11 is 1.53. The van der Waals surface area contributed by atoms with Crippen molar-refractivity contribution in [2.75, 3.05) is 18.2 Å². The number of amides is 2. The minimum Gasteiger partial charge on any atom is -0.441 e. The van der Waals surface area contributed by atoms with Crippen molar-refractivity contribution in [2.45, 2.75) is 19.9 Å². The van der Waals surface area contributed by atoms with Gasteiger partial charge in [0.05, 0.1) is 35.3 Å². The molecular formula is C21H19N5O3S. The molecule has 1 aromatic carbocycles. The van der Waals surface area contributed by atoms with Crippen molar-refractivity contribution < 1.29 is 14.0 Å². The number of carbonyl (C=O) groups excluding carboxylic acids is 2. The molecule has 8 nitrogen and oxygen atoms in total. The summed E-state index contributed by atoms with van der Waals surface area (Å²) in [5, 5.41) is 12.5. The Morgan fingerprint density at radius 1 is 1.37 bits per heavy atom. The van der Waals surface area contributed by atoms with Gasteiger partial charge in [-0.3, -0.25) is 14.6 Å². The molecule has 2 amide bonds. The fourth-order valence-corrected chi connectivity index (χ4v) is 4.54. The predicted octanol–water partition coefficient (Wildman–Crippen LogP) is 2.66. The van der Waals surface area contributed by atoms with E-state index in [0.29, 0.717) is 39.7 Å². The molecule has 1 unspecified atom stereocenters. The van der Waals surface area contributed by atoms with E-state index in [1.807, 2.05) is 25.1 Å². The molecule has 9 heteroatoms. The monoisotopic (exact) mass is 421 g/mol. The first-order valence-corrected chi connectivity index (χ1v) is 10.5. The Bertz CT molecular complexity index is 1180. The van der Waals surface area contributed by atoms with Crippen LogP contribution in [0.5, 0.6) is 0 Å². The van der Waals surface area contributed by atoms with Gasteiger partial charge in [-0.05, 0) is 31.2 Å². The molecule has 0 saturated carbocycles. The number of hydrogen-bond donors (Lipinski definition) is 1. The van der Waals surface area contributed by atoms with Crippen LogP contribution in [0, 0.1) is 25.2 Å². The molecule has 1 fully saturated rings. The van der Waals surface area contributed by atoms with Crippen molar-refractivity contribution >= 4 is 34.5 Å². The minimum atomic E-state index is -0.447. The van der Waals surface area contributed by atoms with E-state index < -0.39 is 6.04 Å². The fraction of sp³-hybridized carbons (Fsp3) is 0.286. The van der Waals surface area contributed by atoms with Gasteiger partial charge in [0.1, 0.15) is 6.04 Å². The van der Waals surface area contributed by atoms with Gasteiger partial charge in [0.2, 0.25) is 5.91 Å². The number of nitriles is 1. The third-order valence-corrected chi connectivity index (χ3v) is 5.92. The Morgan fingerprint density at radius 2 is 2.20 bits per heavy atom. The van der Waals surface area contributed by atoms with Crippen molar-refractivity contribution in [1.29, 1.82) is 5.26 Å². The molecule has 3 aromatic rings. The molecule has 3 heterocycles. The highest BCUT2D eigenvalue weighted by Gasteiger charge is 2.29. The van der Waals surface area contributed by atoms with Crippen LogP contribution in [0.1, 0.15) is 21.9 Å². The van der Waals surface area contributed by atoms with Crippen molar-refractivity contribution in [2.24, 2.45) is 0 Å². The van der Waals surface area contributed by atoms with E-state index in [1.54, 1.807) is 19.2 Å². The summed E-state index contributed by atoms with van der Waals surface area (Å²) in [5.41, 5.74) is 2.64. The van der Waals surface area contributed by atoms with Crippen LogP contribution in [0.25, 0.3) is 22.2 Å². The first-order chi connectivity index (χ1) is 14.5. The normalized spacial score (nSPS) is 15.9. The smallest absolute Gasteiger partial charge is 0.252 e. The van der Waals surface area contributed by atoms with E-state index in [0.717, 1.165) is 11.3 Å². The van der Waals surface area contributed by atoms with Crippen LogP contribution in [0.4, 0.5) is 0 Å². The summed E-state index contributed by atoms with van der Waals surface area (Å²) in [4.78, 5) is 35.4. The zero-order chi connectivity index (χ0) is 21.3. The summed E-state index contributed by atoms with van der Waals surface area (Å²) in [6.45, 7) is 3.48. The SMILES string of the molecule is Cc1nc(C)c(-c2ccc3nccc(C(=O)NCC(=O)N4CSCC4C#N)c3c2)o1. The number of rotatable bonds is 4. The molecule has 0 bridgehead atoms. The summed E-state index contributed by atoms with van der Waals surface area (Å²) in [5.74, 6) is 1.62. The highest BCUT2D eigenvalue weighted by Crippen LogP contribution is 2.28. The summed E-state index contributed by atoms with van der Waals surface area (Å²) in [6, 6.07) is 8.83.